The number of unbranched alkanes of at least 4 members (excludes halogenated alkanes) is 4. The van der Waals surface area contributed by atoms with Crippen molar-refractivity contribution in [2.24, 2.45) is 0 Å². The van der Waals surface area contributed by atoms with Gasteiger partial charge in [0.2, 0.25) is 13.6 Å². The predicted octanol–water partition coefficient (Wildman–Crippen LogP) is 4.72. The molecule has 8 heteroatoms. The van der Waals surface area contributed by atoms with Crippen LogP contribution in [0.1, 0.15) is 44.6 Å². The summed E-state index contributed by atoms with van der Waals surface area (Å²) in [4.78, 5) is 23.2. The first-order valence-electron chi connectivity index (χ1n) is 12.3. The fraction of sp³-hybridized carbons (Fsp3) is 0.379. The summed E-state index contributed by atoms with van der Waals surface area (Å²) in [6, 6.07) is 13.1. The Morgan fingerprint density at radius 1 is 0.757 bits per heavy atom. The first kappa shape index (κ1) is 29.6. The van der Waals surface area contributed by atoms with Crippen LogP contribution in [0.5, 0.6) is 11.5 Å². The predicted molar refractivity (Wildman–Crippen MR) is 140 cm³/mol. The zero-order valence-electron chi connectivity index (χ0n) is 21.4. The SMILES string of the molecule is C=C(CO)C(=O)OCOc1ccc(-c2ccc(OCOC(=O)C(=C)CO)cc2CCCCCCC)cc1. The number of carbonyl (C=O) groups is 2. The summed E-state index contributed by atoms with van der Waals surface area (Å²) < 4.78 is 20.9. The minimum atomic E-state index is -0.710. The van der Waals surface area contributed by atoms with E-state index >= 15 is 0 Å². The van der Waals surface area contributed by atoms with Crippen molar-refractivity contribution in [1.29, 1.82) is 0 Å². The molecule has 0 bridgehead atoms. The van der Waals surface area contributed by atoms with Crippen LogP contribution in [0.3, 0.4) is 0 Å². The van der Waals surface area contributed by atoms with Gasteiger partial charge in [-0.2, -0.15) is 0 Å². The van der Waals surface area contributed by atoms with Crippen LogP contribution in [0.4, 0.5) is 0 Å². The molecule has 0 aliphatic heterocycles. The lowest BCUT2D eigenvalue weighted by atomic mass is 9.95. The minimum Gasteiger partial charge on any atom is -0.457 e. The number of benzene rings is 2. The highest BCUT2D eigenvalue weighted by Gasteiger charge is 2.11. The van der Waals surface area contributed by atoms with E-state index in [0.29, 0.717) is 11.5 Å². The number of hydrogen-bond donors (Lipinski definition) is 2. The Hall–Kier alpha value is -3.62. The van der Waals surface area contributed by atoms with E-state index in [9.17, 15) is 9.59 Å². The maximum absolute atomic E-state index is 11.7. The minimum absolute atomic E-state index is 0.0343. The summed E-state index contributed by atoms with van der Waals surface area (Å²) in [7, 11) is 0. The second-order valence-corrected chi connectivity index (χ2v) is 8.42. The number of aryl methyl sites for hydroxylation is 1. The van der Waals surface area contributed by atoms with E-state index in [2.05, 4.69) is 20.1 Å². The molecule has 37 heavy (non-hydrogen) atoms. The summed E-state index contributed by atoms with van der Waals surface area (Å²) in [5.74, 6) is -0.316. The van der Waals surface area contributed by atoms with Crippen LogP contribution in [0, 0.1) is 0 Å². The van der Waals surface area contributed by atoms with Gasteiger partial charge in [0.05, 0.1) is 24.4 Å². The zero-order chi connectivity index (χ0) is 27.0. The molecule has 0 aliphatic rings. The number of aliphatic hydroxyl groups is 2. The molecule has 0 unspecified atom stereocenters. The molecular weight excluding hydrogens is 476 g/mol. The Bertz CT molecular complexity index is 1040. The highest BCUT2D eigenvalue weighted by atomic mass is 16.7. The molecule has 8 nitrogen and oxygen atoms in total. The molecule has 0 saturated heterocycles. The van der Waals surface area contributed by atoms with Crippen molar-refractivity contribution in [3.05, 3.63) is 72.3 Å². The normalized spacial score (nSPS) is 10.5. The summed E-state index contributed by atoms with van der Waals surface area (Å²) >= 11 is 0. The molecule has 0 aliphatic carbocycles. The van der Waals surface area contributed by atoms with E-state index in [-0.39, 0.29) is 24.7 Å². The zero-order valence-corrected chi connectivity index (χ0v) is 21.4. The Morgan fingerprint density at radius 2 is 1.30 bits per heavy atom. The van der Waals surface area contributed by atoms with Gasteiger partial charge in [-0.25, -0.2) is 9.59 Å². The molecule has 0 heterocycles. The molecule has 0 radical (unpaired) electrons. The first-order chi connectivity index (χ1) is 17.9. The van der Waals surface area contributed by atoms with Crippen LogP contribution < -0.4 is 9.47 Å². The molecule has 0 spiro atoms. The van der Waals surface area contributed by atoms with Gasteiger partial charge in [0.15, 0.2) is 0 Å². The summed E-state index contributed by atoms with van der Waals surface area (Å²) in [5, 5.41) is 17.9. The number of hydrogen-bond acceptors (Lipinski definition) is 8. The van der Waals surface area contributed by atoms with Gasteiger partial charge in [-0.15, -0.1) is 0 Å². The van der Waals surface area contributed by atoms with E-state index in [0.717, 1.165) is 36.0 Å². The number of rotatable bonds is 17. The van der Waals surface area contributed by atoms with Gasteiger partial charge in [-0.3, -0.25) is 0 Å². The topological polar surface area (TPSA) is 112 Å². The lowest BCUT2D eigenvalue weighted by molar-refractivity contribution is -0.146. The van der Waals surface area contributed by atoms with Crippen molar-refractivity contribution < 1.29 is 38.7 Å². The second kappa shape index (κ2) is 16.2. The van der Waals surface area contributed by atoms with Crippen LogP contribution in [0.2, 0.25) is 0 Å². The van der Waals surface area contributed by atoms with Gasteiger partial charge in [-0.1, -0.05) is 64.0 Å². The van der Waals surface area contributed by atoms with E-state index in [1.165, 1.54) is 19.3 Å². The maximum atomic E-state index is 11.7. The molecule has 200 valence electrons. The van der Waals surface area contributed by atoms with Crippen LogP contribution in [0.15, 0.2) is 66.8 Å². The average molecular weight is 513 g/mol. The van der Waals surface area contributed by atoms with Gasteiger partial charge in [-0.05, 0) is 53.8 Å². The Balaban J connectivity index is 2.07. The Morgan fingerprint density at radius 3 is 1.86 bits per heavy atom. The van der Waals surface area contributed by atoms with E-state index < -0.39 is 25.2 Å². The van der Waals surface area contributed by atoms with Gasteiger partial charge in [0.25, 0.3) is 0 Å². The second-order valence-electron chi connectivity index (χ2n) is 8.42. The van der Waals surface area contributed by atoms with E-state index in [1.807, 2.05) is 30.3 Å². The number of aliphatic hydroxyl groups excluding tert-OH is 2. The van der Waals surface area contributed by atoms with Crippen molar-refractivity contribution in [3.63, 3.8) is 0 Å². The van der Waals surface area contributed by atoms with E-state index in [4.69, 9.17) is 29.2 Å². The largest absolute Gasteiger partial charge is 0.457 e. The summed E-state index contributed by atoms with van der Waals surface area (Å²) in [5.41, 5.74) is 3.06. The Labute approximate surface area is 218 Å². The molecule has 0 aromatic heterocycles. The third-order valence-electron chi connectivity index (χ3n) is 5.58. The number of carbonyl (C=O) groups excluding carboxylic acids is 2. The van der Waals surface area contributed by atoms with Crippen molar-refractivity contribution in [1.82, 2.24) is 0 Å². The standard InChI is InChI=1S/C29H36O8/c1-4-5-6-7-8-9-24-16-26(35-20-37-29(33)22(3)18-31)14-15-27(24)23-10-12-25(13-11-23)34-19-36-28(32)21(2)17-30/h10-16,30-31H,2-9,17-20H2,1H3. The molecule has 0 amide bonds. The van der Waals surface area contributed by atoms with Gasteiger partial charge in [0.1, 0.15) is 11.5 Å². The third-order valence-corrected chi connectivity index (χ3v) is 5.58. The quantitative estimate of drug-likeness (QED) is 0.136. The van der Waals surface area contributed by atoms with Crippen molar-refractivity contribution >= 4 is 11.9 Å². The van der Waals surface area contributed by atoms with Gasteiger partial charge in [0, 0.05) is 0 Å². The molecule has 2 aromatic rings. The molecule has 0 saturated carbocycles. The monoisotopic (exact) mass is 512 g/mol. The van der Waals surface area contributed by atoms with E-state index in [1.54, 1.807) is 12.1 Å². The van der Waals surface area contributed by atoms with Crippen molar-refractivity contribution in [2.75, 3.05) is 26.8 Å². The average Bonchev–Trinajstić information content (AvgIpc) is 2.92. The smallest absolute Gasteiger partial charge is 0.338 e. The van der Waals surface area contributed by atoms with Crippen LogP contribution in [-0.2, 0) is 25.5 Å². The summed E-state index contributed by atoms with van der Waals surface area (Å²) in [6.45, 7) is 7.51. The van der Waals surface area contributed by atoms with Gasteiger partial charge >= 0.3 is 11.9 Å². The molecule has 0 fully saturated rings. The van der Waals surface area contributed by atoms with Crippen molar-refractivity contribution in [3.8, 4) is 22.6 Å². The highest BCUT2D eigenvalue weighted by Crippen LogP contribution is 2.30. The summed E-state index contributed by atoms with van der Waals surface area (Å²) in [6.07, 6.45) is 6.61. The van der Waals surface area contributed by atoms with Crippen molar-refractivity contribution in [2.45, 2.75) is 45.4 Å². The molecule has 2 N–H and O–H groups in total. The number of ether oxygens (including phenoxy) is 4. The molecule has 0 atom stereocenters. The third kappa shape index (κ3) is 10.1. The first-order valence-corrected chi connectivity index (χ1v) is 12.3. The Kier molecular flexibility index (Phi) is 13.0. The highest BCUT2D eigenvalue weighted by molar-refractivity contribution is 5.88. The fourth-order valence-corrected chi connectivity index (χ4v) is 3.43. The molecular formula is C29H36O8. The molecule has 2 aromatic carbocycles. The van der Waals surface area contributed by atoms with Crippen LogP contribution >= 0.6 is 0 Å². The fourth-order valence-electron chi connectivity index (χ4n) is 3.43. The van der Waals surface area contributed by atoms with Gasteiger partial charge < -0.3 is 29.2 Å². The molecule has 2 rings (SSSR count). The van der Waals surface area contributed by atoms with Crippen LogP contribution in [0.25, 0.3) is 11.1 Å². The lowest BCUT2D eigenvalue weighted by Gasteiger charge is -2.14. The number of esters is 2. The lowest BCUT2D eigenvalue weighted by Crippen LogP contribution is -2.14. The van der Waals surface area contributed by atoms with Crippen LogP contribution in [-0.4, -0.2) is 49.0 Å². The maximum Gasteiger partial charge on any atom is 0.338 e.